The van der Waals surface area contributed by atoms with Crippen LogP contribution in [0.5, 0.6) is 5.75 Å². The fourth-order valence-electron chi connectivity index (χ4n) is 3.84. The number of nitrogens with one attached hydrogen (secondary N) is 2. The summed E-state index contributed by atoms with van der Waals surface area (Å²) in [6.45, 7) is 0. The molecule has 3 N–H and O–H groups in total. The first-order valence-electron chi connectivity index (χ1n) is 10.2. The molecule has 3 aromatic carbocycles. The van der Waals surface area contributed by atoms with Crippen molar-refractivity contribution in [2.24, 2.45) is 5.10 Å². The lowest BCUT2D eigenvalue weighted by Crippen LogP contribution is -2.32. The van der Waals surface area contributed by atoms with E-state index in [1.807, 2.05) is 12.1 Å². The summed E-state index contributed by atoms with van der Waals surface area (Å²) in [7, 11) is -3.66. The molecule has 0 aliphatic heterocycles. The molecular weight excluding hydrogens is 450 g/mol. The second-order valence-corrected chi connectivity index (χ2v) is 9.76. The number of halogens is 1. The van der Waals surface area contributed by atoms with E-state index in [2.05, 4.69) is 15.2 Å². The maximum absolute atomic E-state index is 13.0. The molecule has 7 nitrogen and oxygen atoms in total. The fraction of sp³-hybridized carbons (Fsp3) is 0.217. The summed E-state index contributed by atoms with van der Waals surface area (Å²) >= 11 is 5.84. The number of carbonyl (C=O) groups is 1. The van der Waals surface area contributed by atoms with Gasteiger partial charge in [0.05, 0.1) is 16.1 Å². The zero-order chi connectivity index (χ0) is 22.7. The van der Waals surface area contributed by atoms with Crippen molar-refractivity contribution in [3.05, 3.63) is 70.7 Å². The van der Waals surface area contributed by atoms with Crippen LogP contribution in [0.25, 0.3) is 10.8 Å². The van der Waals surface area contributed by atoms with Crippen molar-refractivity contribution >= 4 is 44.5 Å². The lowest BCUT2D eigenvalue weighted by molar-refractivity contribution is 0.0955. The van der Waals surface area contributed by atoms with Crippen molar-refractivity contribution in [2.75, 3.05) is 0 Å². The van der Waals surface area contributed by atoms with Crippen molar-refractivity contribution in [1.29, 1.82) is 0 Å². The number of phenols is 1. The molecule has 166 valence electrons. The van der Waals surface area contributed by atoms with Gasteiger partial charge in [-0.05, 0) is 42.5 Å². The lowest BCUT2D eigenvalue weighted by Gasteiger charge is -2.15. The lowest BCUT2D eigenvalue weighted by atomic mass is 10.1. The van der Waals surface area contributed by atoms with E-state index in [0.717, 1.165) is 25.7 Å². The first-order valence-corrected chi connectivity index (χ1v) is 12.1. The molecule has 0 unspecified atom stereocenters. The van der Waals surface area contributed by atoms with E-state index >= 15 is 0 Å². The highest BCUT2D eigenvalue weighted by Gasteiger charge is 2.24. The van der Waals surface area contributed by atoms with E-state index in [9.17, 15) is 18.3 Å². The van der Waals surface area contributed by atoms with Crippen LogP contribution in [0.4, 0.5) is 0 Å². The molecule has 0 saturated heterocycles. The van der Waals surface area contributed by atoms with Gasteiger partial charge in [-0.2, -0.15) is 5.10 Å². The predicted octanol–water partition coefficient (Wildman–Crippen LogP) is 4.18. The van der Waals surface area contributed by atoms with E-state index < -0.39 is 15.9 Å². The monoisotopic (exact) mass is 471 g/mol. The second kappa shape index (κ2) is 9.28. The highest BCUT2D eigenvalue weighted by molar-refractivity contribution is 7.89. The van der Waals surface area contributed by atoms with Crippen LogP contribution in [0.1, 0.15) is 41.6 Å². The Labute approximate surface area is 191 Å². The predicted molar refractivity (Wildman–Crippen MR) is 125 cm³/mol. The smallest absolute Gasteiger partial charge is 0.271 e. The molecule has 1 aliphatic rings. The molecule has 0 heterocycles. The van der Waals surface area contributed by atoms with Gasteiger partial charge >= 0.3 is 0 Å². The Balaban J connectivity index is 1.58. The number of carbonyl (C=O) groups excluding carboxylic acids is 1. The zero-order valence-corrected chi connectivity index (χ0v) is 18.7. The topological polar surface area (TPSA) is 108 Å². The van der Waals surface area contributed by atoms with Crippen LogP contribution in [-0.4, -0.2) is 31.7 Å². The highest BCUT2D eigenvalue weighted by Crippen LogP contribution is 2.27. The van der Waals surface area contributed by atoms with Gasteiger partial charge in [0.15, 0.2) is 0 Å². The summed E-state index contributed by atoms with van der Waals surface area (Å²) in [5, 5.41) is 14.8. The third-order valence-electron chi connectivity index (χ3n) is 5.46. The van der Waals surface area contributed by atoms with Crippen LogP contribution in [0.3, 0.4) is 0 Å². The van der Waals surface area contributed by atoms with E-state index in [1.54, 1.807) is 24.3 Å². The number of rotatable bonds is 6. The highest BCUT2D eigenvalue weighted by atomic mass is 35.5. The Bertz CT molecular complexity index is 1300. The Morgan fingerprint density at radius 3 is 2.50 bits per heavy atom. The number of fused-ring (bicyclic) bond motifs is 1. The first-order chi connectivity index (χ1) is 15.3. The zero-order valence-electron chi connectivity index (χ0n) is 17.1. The maximum atomic E-state index is 13.0. The molecule has 1 aliphatic carbocycles. The Morgan fingerprint density at radius 1 is 1.06 bits per heavy atom. The third kappa shape index (κ3) is 4.77. The standard InChI is InChI=1S/C23H22ClN3O4S/c24-20-13-15(9-11-21(20)28)23(29)26-25-14-16-10-12-22(19-8-4-3-7-18(16)19)32(30,31)27-17-5-1-2-6-17/h3-4,7-14,17,27-28H,1-2,5-6H2,(H,26,29)/b25-14+. The van der Waals surface area contributed by atoms with Gasteiger partial charge in [-0.3, -0.25) is 4.79 Å². The summed E-state index contributed by atoms with van der Waals surface area (Å²) < 4.78 is 28.8. The van der Waals surface area contributed by atoms with Crippen molar-refractivity contribution in [3.63, 3.8) is 0 Å². The van der Waals surface area contributed by atoms with Crippen molar-refractivity contribution < 1.29 is 18.3 Å². The van der Waals surface area contributed by atoms with Gasteiger partial charge in [0.1, 0.15) is 5.75 Å². The van der Waals surface area contributed by atoms with Gasteiger partial charge in [-0.25, -0.2) is 18.6 Å². The van der Waals surface area contributed by atoms with E-state index in [-0.39, 0.29) is 27.3 Å². The number of nitrogens with zero attached hydrogens (tertiary/aromatic N) is 1. The minimum atomic E-state index is -3.66. The molecule has 9 heteroatoms. The van der Waals surface area contributed by atoms with E-state index in [4.69, 9.17) is 11.6 Å². The van der Waals surface area contributed by atoms with Crippen molar-refractivity contribution in [3.8, 4) is 5.75 Å². The van der Waals surface area contributed by atoms with Crippen LogP contribution in [0, 0.1) is 0 Å². The largest absolute Gasteiger partial charge is 0.506 e. The molecule has 0 radical (unpaired) electrons. The molecule has 3 aromatic rings. The quantitative estimate of drug-likeness (QED) is 0.370. The van der Waals surface area contributed by atoms with Gasteiger partial charge in [-0.15, -0.1) is 0 Å². The molecule has 0 atom stereocenters. The van der Waals surface area contributed by atoms with Crippen molar-refractivity contribution in [2.45, 2.75) is 36.6 Å². The van der Waals surface area contributed by atoms with Crippen LogP contribution in [0.15, 0.2) is 64.6 Å². The van der Waals surface area contributed by atoms with Crippen LogP contribution >= 0.6 is 11.6 Å². The molecule has 4 rings (SSSR count). The summed E-state index contributed by atoms with van der Waals surface area (Å²) in [6.07, 6.45) is 5.24. The first kappa shape index (κ1) is 22.3. The number of hydrogen-bond donors (Lipinski definition) is 3. The number of hydrogen-bond acceptors (Lipinski definition) is 5. The minimum Gasteiger partial charge on any atom is -0.506 e. The summed E-state index contributed by atoms with van der Waals surface area (Å²) in [6, 6.07) is 14.5. The average molecular weight is 472 g/mol. The summed E-state index contributed by atoms with van der Waals surface area (Å²) in [4.78, 5) is 12.5. The van der Waals surface area contributed by atoms with Gasteiger partial charge in [0.2, 0.25) is 10.0 Å². The fourth-order valence-corrected chi connectivity index (χ4v) is 5.54. The Hall–Kier alpha value is -2.94. The molecular formula is C23H22ClN3O4S. The Kier molecular flexibility index (Phi) is 6.45. The van der Waals surface area contributed by atoms with Crippen LogP contribution in [0.2, 0.25) is 5.02 Å². The average Bonchev–Trinajstić information content (AvgIpc) is 3.27. The number of phenolic OH excluding ortho intramolecular Hbond substituents is 1. The Morgan fingerprint density at radius 2 is 1.78 bits per heavy atom. The number of benzene rings is 3. The maximum Gasteiger partial charge on any atom is 0.271 e. The molecule has 1 fully saturated rings. The molecule has 0 aromatic heterocycles. The van der Waals surface area contributed by atoms with Gasteiger partial charge in [0.25, 0.3) is 5.91 Å². The molecule has 0 spiro atoms. The normalized spacial score (nSPS) is 14.9. The van der Waals surface area contributed by atoms with Gasteiger partial charge in [-0.1, -0.05) is 54.8 Å². The van der Waals surface area contributed by atoms with Gasteiger partial charge in [0, 0.05) is 22.6 Å². The number of aromatic hydroxyl groups is 1. The minimum absolute atomic E-state index is 0.0244. The summed E-state index contributed by atoms with van der Waals surface area (Å²) in [5.74, 6) is -0.608. The number of hydrazone groups is 1. The van der Waals surface area contributed by atoms with E-state index in [1.165, 1.54) is 24.4 Å². The molecule has 1 amide bonds. The van der Waals surface area contributed by atoms with E-state index in [0.29, 0.717) is 16.3 Å². The molecule has 0 bridgehead atoms. The second-order valence-electron chi connectivity index (χ2n) is 7.67. The van der Waals surface area contributed by atoms with Crippen LogP contribution in [-0.2, 0) is 10.0 Å². The van der Waals surface area contributed by atoms with Crippen LogP contribution < -0.4 is 10.1 Å². The molecule has 1 saturated carbocycles. The third-order valence-corrected chi connectivity index (χ3v) is 7.35. The number of amides is 1. The molecule has 32 heavy (non-hydrogen) atoms. The van der Waals surface area contributed by atoms with Gasteiger partial charge < -0.3 is 5.11 Å². The SMILES string of the molecule is O=C(N/N=C/c1ccc(S(=O)(=O)NC2CCCC2)c2ccccc12)c1ccc(O)c(Cl)c1. The number of sulfonamides is 1. The van der Waals surface area contributed by atoms with Crippen molar-refractivity contribution in [1.82, 2.24) is 10.1 Å². The summed E-state index contributed by atoms with van der Waals surface area (Å²) in [5.41, 5.74) is 3.31.